The Hall–Kier alpha value is -3.02. The van der Waals surface area contributed by atoms with Crippen molar-refractivity contribution in [1.29, 1.82) is 0 Å². The van der Waals surface area contributed by atoms with E-state index >= 15 is 0 Å². The number of hydrogen-bond donors (Lipinski definition) is 2. The van der Waals surface area contributed by atoms with Crippen molar-refractivity contribution in [2.45, 2.75) is 38.5 Å². The average Bonchev–Trinajstić information content (AvgIpc) is 2.71. The fourth-order valence-electron chi connectivity index (χ4n) is 5.98. The molecule has 0 aliphatic heterocycles. The molecule has 0 saturated carbocycles. The van der Waals surface area contributed by atoms with E-state index in [-0.39, 0.29) is 22.7 Å². The molecule has 0 unspecified atom stereocenters. The minimum absolute atomic E-state index is 0.0157. The van der Waals surface area contributed by atoms with Gasteiger partial charge in [0.1, 0.15) is 0 Å². The van der Waals surface area contributed by atoms with Gasteiger partial charge in [-0.25, -0.2) is 9.59 Å². The molecule has 6 nitrogen and oxygen atoms in total. The summed E-state index contributed by atoms with van der Waals surface area (Å²) in [5.74, 6) is 0.238. The van der Waals surface area contributed by atoms with Crippen LogP contribution in [0.4, 0.5) is 21.0 Å². The number of hydrogen-bond acceptors (Lipinski definition) is 4. The first-order valence-electron chi connectivity index (χ1n) is 10.6. The number of carbonyl (C=O) groups excluding carboxylic acids is 2. The van der Waals surface area contributed by atoms with Crippen molar-refractivity contribution in [1.82, 2.24) is 0 Å². The summed E-state index contributed by atoms with van der Waals surface area (Å²) in [4.78, 5) is 24.5. The van der Waals surface area contributed by atoms with Crippen LogP contribution >= 0.6 is 0 Å². The Balaban J connectivity index is 1.65. The molecule has 0 spiro atoms. The van der Waals surface area contributed by atoms with Gasteiger partial charge in [-0.2, -0.15) is 0 Å². The van der Waals surface area contributed by atoms with Gasteiger partial charge in [-0.05, 0) is 49.9 Å². The number of nitrogens with one attached hydrogen (secondary N) is 2. The van der Waals surface area contributed by atoms with Crippen molar-refractivity contribution < 1.29 is 19.1 Å². The third-order valence-electron chi connectivity index (χ3n) is 7.16. The molecule has 4 atom stereocenters. The smallest absolute Gasteiger partial charge is 0.411 e. The lowest BCUT2D eigenvalue weighted by Crippen LogP contribution is -2.58. The molecule has 6 rings (SSSR count). The molecule has 0 radical (unpaired) electrons. The quantitative estimate of drug-likeness (QED) is 0.651. The van der Waals surface area contributed by atoms with Crippen molar-refractivity contribution >= 4 is 23.6 Å². The Labute approximate surface area is 176 Å². The minimum Gasteiger partial charge on any atom is -0.450 e. The summed E-state index contributed by atoms with van der Waals surface area (Å²) in [7, 11) is 0. The molecule has 1 aromatic carbocycles. The van der Waals surface area contributed by atoms with E-state index in [9.17, 15) is 9.59 Å². The summed E-state index contributed by atoms with van der Waals surface area (Å²) in [5.41, 5.74) is 3.66. The van der Waals surface area contributed by atoms with Gasteiger partial charge in [0.25, 0.3) is 0 Å². The topological polar surface area (TPSA) is 76.7 Å². The Morgan fingerprint density at radius 1 is 0.867 bits per heavy atom. The van der Waals surface area contributed by atoms with Crippen molar-refractivity contribution in [3.8, 4) is 0 Å². The van der Waals surface area contributed by atoms with Gasteiger partial charge in [0.15, 0.2) is 0 Å². The number of allylic oxidation sites excluding steroid dienone is 6. The first-order valence-corrected chi connectivity index (χ1v) is 10.6. The molecule has 6 heteroatoms. The summed E-state index contributed by atoms with van der Waals surface area (Å²) in [6.45, 7) is 4.19. The van der Waals surface area contributed by atoms with Crippen molar-refractivity contribution in [3.05, 3.63) is 59.7 Å². The zero-order chi connectivity index (χ0) is 20.9. The largest absolute Gasteiger partial charge is 0.450 e. The number of anilines is 2. The second-order valence-electron chi connectivity index (χ2n) is 8.31. The molecular formula is C24H26N2O4. The monoisotopic (exact) mass is 406 g/mol. The summed E-state index contributed by atoms with van der Waals surface area (Å²) in [6, 6.07) is 3.70. The second-order valence-corrected chi connectivity index (χ2v) is 8.31. The Kier molecular flexibility index (Phi) is 4.27. The van der Waals surface area contributed by atoms with Crippen molar-refractivity contribution in [2.75, 3.05) is 23.8 Å². The first-order chi connectivity index (χ1) is 14.6. The number of ether oxygens (including phenoxy) is 2. The van der Waals surface area contributed by atoms with Crippen LogP contribution in [-0.4, -0.2) is 25.4 Å². The summed E-state index contributed by atoms with van der Waals surface area (Å²) in [5, 5.41) is 5.86. The normalized spacial score (nSPS) is 31.1. The van der Waals surface area contributed by atoms with Crippen molar-refractivity contribution in [3.63, 3.8) is 0 Å². The molecule has 2 N–H and O–H groups in total. The van der Waals surface area contributed by atoms with Crippen LogP contribution in [0, 0.1) is 10.8 Å². The molecule has 2 amide bonds. The molecule has 156 valence electrons. The lowest BCUT2D eigenvalue weighted by molar-refractivity contribution is 0.0369. The lowest BCUT2D eigenvalue weighted by Gasteiger charge is -2.67. The van der Waals surface area contributed by atoms with Gasteiger partial charge in [-0.3, -0.25) is 10.6 Å². The molecular weight excluding hydrogens is 380 g/mol. The molecule has 0 aromatic heterocycles. The number of rotatable bonds is 4. The van der Waals surface area contributed by atoms with E-state index < -0.39 is 12.2 Å². The van der Waals surface area contributed by atoms with Crippen LogP contribution in [0.2, 0.25) is 0 Å². The molecule has 0 saturated heterocycles. The highest BCUT2D eigenvalue weighted by atomic mass is 16.6. The zero-order valence-electron chi connectivity index (χ0n) is 17.2. The van der Waals surface area contributed by atoms with E-state index in [4.69, 9.17) is 9.47 Å². The fraction of sp³-hybridized carbons (Fsp3) is 0.417. The first kappa shape index (κ1) is 19.0. The van der Waals surface area contributed by atoms with Gasteiger partial charge >= 0.3 is 12.2 Å². The van der Waals surface area contributed by atoms with Gasteiger partial charge in [0, 0.05) is 34.0 Å². The summed E-state index contributed by atoms with van der Waals surface area (Å²) >= 11 is 0. The fourth-order valence-corrected chi connectivity index (χ4v) is 5.98. The minimum atomic E-state index is -0.465. The maximum absolute atomic E-state index is 12.2. The van der Waals surface area contributed by atoms with E-state index in [1.54, 1.807) is 13.8 Å². The third-order valence-corrected chi connectivity index (χ3v) is 7.16. The average molecular weight is 406 g/mol. The standard InChI is InChI=1S/C24H26N2O4/c1-3-29-21(27)25-17-9-10-18(26-22(28)30-4-2)20-16-8-7-15(19(17)20)23-11-5-6-12-24(16,23)14-13-23/h5-10,13-16H,3-4,11-12H2,1-2H3,(H,25,27)(H,26,28)/t15-,16-,23-,24+/m0/s1. The molecule has 1 aromatic rings. The van der Waals surface area contributed by atoms with Gasteiger partial charge in [-0.15, -0.1) is 0 Å². The van der Waals surface area contributed by atoms with Gasteiger partial charge in [0.05, 0.1) is 13.2 Å². The van der Waals surface area contributed by atoms with Crippen LogP contribution < -0.4 is 10.6 Å². The SMILES string of the molecule is CCOC(=O)Nc1ccc(NC(=O)OCC)c2c1[C@@H]1C=C[C@@H]2[C@]23C=C[C@]12CC=CC3. The predicted molar refractivity (Wildman–Crippen MR) is 115 cm³/mol. The van der Waals surface area contributed by atoms with Gasteiger partial charge < -0.3 is 9.47 Å². The van der Waals surface area contributed by atoms with Crippen LogP contribution in [0.3, 0.4) is 0 Å². The Morgan fingerprint density at radius 3 is 1.67 bits per heavy atom. The Bertz CT molecular complexity index is 934. The van der Waals surface area contributed by atoms with E-state index in [2.05, 4.69) is 47.1 Å². The molecule has 5 aliphatic carbocycles. The molecule has 5 aliphatic rings. The van der Waals surface area contributed by atoms with E-state index in [1.165, 1.54) is 0 Å². The lowest BCUT2D eigenvalue weighted by atomic mass is 9.36. The Morgan fingerprint density at radius 2 is 1.30 bits per heavy atom. The van der Waals surface area contributed by atoms with Crippen molar-refractivity contribution in [2.24, 2.45) is 10.8 Å². The van der Waals surface area contributed by atoms with Gasteiger partial charge in [0.2, 0.25) is 0 Å². The van der Waals surface area contributed by atoms with Crippen LogP contribution in [-0.2, 0) is 9.47 Å². The predicted octanol–water partition coefficient (Wildman–Crippen LogP) is 5.47. The maximum atomic E-state index is 12.2. The highest BCUT2D eigenvalue weighted by Crippen LogP contribution is 2.76. The van der Waals surface area contributed by atoms with Crippen LogP contribution in [0.5, 0.6) is 0 Å². The van der Waals surface area contributed by atoms with Crippen LogP contribution in [0.1, 0.15) is 49.7 Å². The van der Waals surface area contributed by atoms with E-state index in [0.717, 1.165) is 35.3 Å². The second kappa shape index (κ2) is 6.76. The van der Waals surface area contributed by atoms with E-state index in [1.807, 2.05) is 12.1 Å². The highest BCUT2D eigenvalue weighted by Gasteiger charge is 2.66. The van der Waals surface area contributed by atoms with Gasteiger partial charge in [-0.1, -0.05) is 36.5 Å². The van der Waals surface area contributed by atoms with Crippen LogP contribution in [0.15, 0.2) is 48.6 Å². The number of amides is 2. The highest BCUT2D eigenvalue weighted by molar-refractivity contribution is 5.92. The summed E-state index contributed by atoms with van der Waals surface area (Å²) in [6.07, 6.45) is 14.8. The van der Waals surface area contributed by atoms with Crippen LogP contribution in [0.25, 0.3) is 0 Å². The third kappa shape index (κ3) is 2.36. The molecule has 30 heavy (non-hydrogen) atoms. The van der Waals surface area contributed by atoms with E-state index in [0.29, 0.717) is 13.2 Å². The molecule has 0 heterocycles. The molecule has 2 bridgehead atoms. The number of benzene rings is 1. The molecule has 0 fully saturated rings. The number of carbonyl (C=O) groups is 2. The maximum Gasteiger partial charge on any atom is 0.411 e. The summed E-state index contributed by atoms with van der Waals surface area (Å²) < 4.78 is 10.3. The zero-order valence-corrected chi connectivity index (χ0v) is 17.2.